The summed E-state index contributed by atoms with van der Waals surface area (Å²) in [6.07, 6.45) is 11.8. The lowest BCUT2D eigenvalue weighted by atomic mass is 10.1. The number of rotatable bonds is 17. The standard InChI is InChI=1S/C38H51FN4O3.C2H3F3/c1-4-7-24-43-35-28-34(44-26-12-23-41(5-2)6-3)29-36(45-27-25-42-21-9-8-10-22-42)37(35)40-38(43)30-13-11-14-32(18-15-30)46-33-19-16-31(39)17-20-33;1-2(3,4)5/h11,14-20,28-29H,4-10,12-13,21-27H2,1-3H3;1H3. The van der Waals surface area contributed by atoms with Crippen molar-refractivity contribution in [3.8, 4) is 17.2 Å². The fraction of sp³-hybridized carbons (Fsp3) is 0.525. The average molecular weight is 715 g/mol. The van der Waals surface area contributed by atoms with Gasteiger partial charge in [0.2, 0.25) is 0 Å². The van der Waals surface area contributed by atoms with Gasteiger partial charge in [-0.15, -0.1) is 0 Å². The van der Waals surface area contributed by atoms with Crippen molar-refractivity contribution in [3.05, 3.63) is 78.1 Å². The van der Waals surface area contributed by atoms with Crippen molar-refractivity contribution in [1.82, 2.24) is 19.4 Å². The number of imidazole rings is 1. The zero-order valence-electron chi connectivity index (χ0n) is 30.6. The van der Waals surface area contributed by atoms with Gasteiger partial charge in [0, 0.05) is 38.7 Å². The molecule has 2 aromatic carbocycles. The van der Waals surface area contributed by atoms with Crippen LogP contribution < -0.4 is 14.2 Å². The largest absolute Gasteiger partial charge is 0.493 e. The van der Waals surface area contributed by atoms with Gasteiger partial charge in [0.05, 0.1) is 12.1 Å². The van der Waals surface area contributed by atoms with Crippen LogP contribution in [0.4, 0.5) is 17.6 Å². The molecule has 1 aliphatic carbocycles. The summed E-state index contributed by atoms with van der Waals surface area (Å²) in [7, 11) is 0. The van der Waals surface area contributed by atoms with Crippen LogP contribution in [0.3, 0.4) is 0 Å². The highest BCUT2D eigenvalue weighted by Crippen LogP contribution is 2.35. The zero-order valence-corrected chi connectivity index (χ0v) is 30.6. The molecule has 1 saturated heterocycles. The minimum Gasteiger partial charge on any atom is -0.493 e. The van der Waals surface area contributed by atoms with Crippen molar-refractivity contribution >= 4 is 16.6 Å². The molecule has 0 spiro atoms. The number of fused-ring (bicyclic) bond motifs is 1. The van der Waals surface area contributed by atoms with Crippen LogP contribution in [0.2, 0.25) is 0 Å². The third-order valence-corrected chi connectivity index (χ3v) is 8.83. The third-order valence-electron chi connectivity index (χ3n) is 8.83. The molecule has 2 heterocycles. The molecule has 5 rings (SSSR count). The van der Waals surface area contributed by atoms with Crippen LogP contribution >= 0.6 is 0 Å². The number of likely N-dealkylation sites (tertiary alicyclic amines) is 1. The van der Waals surface area contributed by atoms with Gasteiger partial charge in [-0.1, -0.05) is 45.8 Å². The Morgan fingerprint density at radius 3 is 2.27 bits per heavy atom. The maximum atomic E-state index is 13.4. The summed E-state index contributed by atoms with van der Waals surface area (Å²) >= 11 is 0. The van der Waals surface area contributed by atoms with Crippen molar-refractivity contribution in [3.63, 3.8) is 0 Å². The summed E-state index contributed by atoms with van der Waals surface area (Å²) in [5, 5.41) is 0. The van der Waals surface area contributed by atoms with E-state index in [1.165, 1.54) is 31.4 Å². The second-order valence-electron chi connectivity index (χ2n) is 12.9. The number of allylic oxidation sites excluding steroid dienone is 5. The minimum atomic E-state index is -4.00. The predicted octanol–water partition coefficient (Wildman–Crippen LogP) is 9.83. The Morgan fingerprint density at radius 2 is 1.59 bits per heavy atom. The molecule has 7 nitrogen and oxygen atoms in total. The smallest absolute Gasteiger partial charge is 0.386 e. The van der Waals surface area contributed by atoms with Crippen LogP contribution in [0.5, 0.6) is 17.2 Å². The first-order valence-corrected chi connectivity index (χ1v) is 18.4. The normalized spacial score (nSPS) is 15.2. The first kappa shape index (κ1) is 39.9. The highest BCUT2D eigenvalue weighted by molar-refractivity contribution is 5.87. The number of alkyl halides is 3. The van der Waals surface area contributed by atoms with Gasteiger partial charge in [0.25, 0.3) is 0 Å². The highest BCUT2D eigenvalue weighted by Gasteiger charge is 2.20. The molecule has 1 aromatic heterocycles. The molecule has 1 aliphatic heterocycles. The van der Waals surface area contributed by atoms with Crippen LogP contribution in [-0.4, -0.2) is 78.0 Å². The molecule has 0 unspecified atom stereocenters. The lowest BCUT2D eigenvalue weighted by Gasteiger charge is -2.26. The summed E-state index contributed by atoms with van der Waals surface area (Å²) in [5.74, 6) is 3.56. The Kier molecular flexibility index (Phi) is 15.9. The molecule has 3 aromatic rings. The second kappa shape index (κ2) is 20.3. The number of nitrogens with zero attached hydrogens (tertiary/aromatic N) is 4. The van der Waals surface area contributed by atoms with Crippen molar-refractivity contribution in [2.75, 3.05) is 52.5 Å². The average Bonchev–Trinajstić information content (AvgIpc) is 3.31. The molecule has 0 amide bonds. The van der Waals surface area contributed by atoms with Crippen LogP contribution in [-0.2, 0) is 6.54 Å². The van der Waals surface area contributed by atoms with Gasteiger partial charge in [0.1, 0.15) is 41.0 Å². The van der Waals surface area contributed by atoms with Crippen molar-refractivity contribution in [2.24, 2.45) is 0 Å². The van der Waals surface area contributed by atoms with E-state index in [0.29, 0.717) is 31.1 Å². The molecule has 0 saturated carbocycles. The lowest BCUT2D eigenvalue weighted by Crippen LogP contribution is -2.33. The van der Waals surface area contributed by atoms with E-state index in [9.17, 15) is 17.6 Å². The number of hydrogen-bond donors (Lipinski definition) is 0. The Bertz CT molecular complexity index is 1580. The number of ether oxygens (including phenoxy) is 3. The summed E-state index contributed by atoms with van der Waals surface area (Å²) in [6, 6.07) is 10.3. The number of benzene rings is 2. The predicted molar refractivity (Wildman–Crippen MR) is 197 cm³/mol. The van der Waals surface area contributed by atoms with Gasteiger partial charge in [0.15, 0.2) is 5.75 Å². The Hall–Kier alpha value is -3.83. The first-order valence-electron chi connectivity index (χ1n) is 18.4. The van der Waals surface area contributed by atoms with E-state index in [2.05, 4.69) is 53.4 Å². The van der Waals surface area contributed by atoms with E-state index in [1.54, 1.807) is 12.1 Å². The first-order chi connectivity index (χ1) is 24.6. The summed E-state index contributed by atoms with van der Waals surface area (Å²) in [5.41, 5.74) is 3.02. The number of piperidine rings is 1. The maximum absolute atomic E-state index is 13.4. The molecule has 0 N–H and O–H groups in total. The molecule has 1 fully saturated rings. The van der Waals surface area contributed by atoms with Crippen LogP contribution in [0, 0.1) is 5.82 Å². The molecule has 0 radical (unpaired) electrons. The fourth-order valence-electron chi connectivity index (χ4n) is 6.11. The third kappa shape index (κ3) is 13.3. The van der Waals surface area contributed by atoms with Crippen molar-refractivity contribution in [1.29, 1.82) is 0 Å². The summed E-state index contributed by atoms with van der Waals surface area (Å²) in [6.45, 7) is 15.3. The number of halogens is 4. The molecular weight excluding hydrogens is 660 g/mol. The van der Waals surface area contributed by atoms with E-state index in [0.717, 1.165) is 99.0 Å². The summed E-state index contributed by atoms with van der Waals surface area (Å²) < 4.78 is 65.7. The van der Waals surface area contributed by atoms with Gasteiger partial charge in [-0.3, -0.25) is 4.90 Å². The van der Waals surface area contributed by atoms with Crippen molar-refractivity contribution in [2.45, 2.75) is 85.4 Å². The number of hydrogen-bond acceptors (Lipinski definition) is 6. The maximum Gasteiger partial charge on any atom is 0.386 e. The number of aryl methyl sites for hydroxylation is 1. The Labute approximate surface area is 300 Å². The van der Waals surface area contributed by atoms with Gasteiger partial charge in [-0.25, -0.2) is 9.37 Å². The second-order valence-corrected chi connectivity index (χ2v) is 12.9. The minimum absolute atomic E-state index is 0.188. The fourth-order valence-corrected chi connectivity index (χ4v) is 6.11. The van der Waals surface area contributed by atoms with E-state index < -0.39 is 6.18 Å². The van der Waals surface area contributed by atoms with Crippen LogP contribution in [0.1, 0.15) is 78.5 Å². The van der Waals surface area contributed by atoms with Gasteiger partial charge in [-0.05, 0) is 100 Å². The van der Waals surface area contributed by atoms with E-state index in [-0.39, 0.29) is 12.7 Å². The van der Waals surface area contributed by atoms with Crippen LogP contribution in [0.25, 0.3) is 16.6 Å². The molecule has 11 heteroatoms. The van der Waals surface area contributed by atoms with E-state index in [1.807, 2.05) is 18.2 Å². The zero-order chi connectivity index (χ0) is 36.6. The Morgan fingerprint density at radius 1 is 0.863 bits per heavy atom. The quantitative estimate of drug-likeness (QED) is 0.103. The van der Waals surface area contributed by atoms with Crippen LogP contribution in [0.15, 0.2) is 66.5 Å². The molecule has 51 heavy (non-hydrogen) atoms. The summed E-state index contributed by atoms with van der Waals surface area (Å²) in [4.78, 5) is 10.2. The molecular formula is C40H54F4N4O3. The molecule has 2 aliphatic rings. The topological polar surface area (TPSA) is 52.0 Å². The van der Waals surface area contributed by atoms with Crippen molar-refractivity contribution < 1.29 is 31.8 Å². The monoisotopic (exact) mass is 714 g/mol. The lowest BCUT2D eigenvalue weighted by molar-refractivity contribution is -0.110. The van der Waals surface area contributed by atoms with Gasteiger partial charge < -0.3 is 23.7 Å². The molecule has 280 valence electrons. The SMILES string of the molecule is CC(F)(F)F.CCCCn1c(C2=CC=C(Oc3ccc(F)cc3)C=CC2)nc2c(OCCN3CCCCC3)cc(OCCCN(CC)CC)cc21. The molecule has 0 atom stereocenters. The Balaban J connectivity index is 0.00000109. The van der Waals surface area contributed by atoms with Gasteiger partial charge >= 0.3 is 6.18 Å². The highest BCUT2D eigenvalue weighted by atomic mass is 19.4. The van der Waals surface area contributed by atoms with E-state index in [4.69, 9.17) is 19.2 Å². The van der Waals surface area contributed by atoms with E-state index >= 15 is 0 Å². The number of aromatic nitrogens is 2. The van der Waals surface area contributed by atoms with Gasteiger partial charge in [-0.2, -0.15) is 13.2 Å². The number of unbranched alkanes of at least 4 members (excludes halogenated alkanes) is 1. The molecule has 0 bridgehead atoms.